The van der Waals surface area contributed by atoms with Crippen LogP contribution in [0.2, 0.25) is 4.34 Å². The molecule has 0 spiro atoms. The summed E-state index contributed by atoms with van der Waals surface area (Å²) >= 11 is 7.22. The minimum Gasteiger partial charge on any atom is -0.336 e. The quantitative estimate of drug-likeness (QED) is 0.676. The van der Waals surface area contributed by atoms with Gasteiger partial charge in [0.1, 0.15) is 0 Å². The fourth-order valence-corrected chi connectivity index (χ4v) is 3.86. The lowest BCUT2D eigenvalue weighted by Crippen LogP contribution is -2.28. The van der Waals surface area contributed by atoms with E-state index in [1.54, 1.807) is 23.0 Å². The van der Waals surface area contributed by atoms with Crippen LogP contribution in [-0.4, -0.2) is 49.0 Å². The van der Waals surface area contributed by atoms with E-state index in [1.165, 1.54) is 11.3 Å². The molecule has 0 aromatic carbocycles. The van der Waals surface area contributed by atoms with Crippen molar-refractivity contribution in [3.05, 3.63) is 33.4 Å². The molecule has 0 aliphatic carbocycles. The summed E-state index contributed by atoms with van der Waals surface area (Å²) in [6, 6.07) is 3.58. The third kappa shape index (κ3) is 3.24. The van der Waals surface area contributed by atoms with E-state index in [4.69, 9.17) is 16.1 Å². The Labute approximate surface area is 158 Å². The lowest BCUT2D eigenvalue weighted by molar-refractivity contribution is 0.0791. The number of thiophene rings is 1. The minimum absolute atomic E-state index is 0.00298. The largest absolute Gasteiger partial charge is 0.336 e. The molecule has 3 aromatic rings. The van der Waals surface area contributed by atoms with Gasteiger partial charge in [-0.25, -0.2) is 4.68 Å². The molecule has 1 aliphatic rings. The zero-order chi connectivity index (χ0) is 18.3. The first-order chi connectivity index (χ1) is 12.5. The first kappa shape index (κ1) is 17.2. The summed E-state index contributed by atoms with van der Waals surface area (Å²) in [6.07, 6.45) is 2.60. The zero-order valence-electron chi connectivity index (χ0n) is 14.3. The van der Waals surface area contributed by atoms with Crippen LogP contribution < -0.4 is 0 Å². The maximum absolute atomic E-state index is 12.5. The fraction of sp³-hybridized carbons (Fsp3) is 0.438. The van der Waals surface area contributed by atoms with E-state index in [1.807, 2.05) is 18.7 Å². The molecule has 4 heterocycles. The molecule has 10 heteroatoms. The predicted octanol–water partition coefficient (Wildman–Crippen LogP) is 3.25. The summed E-state index contributed by atoms with van der Waals surface area (Å²) in [7, 11) is 0. The van der Waals surface area contributed by atoms with Gasteiger partial charge in [0, 0.05) is 19.0 Å². The lowest BCUT2D eigenvalue weighted by atomic mass is 10.2. The SMILES string of the molecule is CC(C)c1noc(-c2cn(C3CCN(C(=O)c4ccc(Cl)s4)C3)nn2)n1. The van der Waals surface area contributed by atoms with Gasteiger partial charge in [-0.2, -0.15) is 4.98 Å². The Morgan fingerprint density at radius 1 is 1.42 bits per heavy atom. The van der Waals surface area contributed by atoms with E-state index in [0.29, 0.717) is 39.7 Å². The van der Waals surface area contributed by atoms with Crippen LogP contribution in [0.3, 0.4) is 0 Å². The highest BCUT2D eigenvalue weighted by Gasteiger charge is 2.30. The van der Waals surface area contributed by atoms with Crippen molar-refractivity contribution in [3.63, 3.8) is 0 Å². The summed E-state index contributed by atoms with van der Waals surface area (Å²) < 4.78 is 7.64. The molecule has 1 fully saturated rings. The van der Waals surface area contributed by atoms with Crippen LogP contribution in [-0.2, 0) is 0 Å². The van der Waals surface area contributed by atoms with Gasteiger partial charge in [0.15, 0.2) is 11.5 Å². The van der Waals surface area contributed by atoms with E-state index in [0.717, 1.165) is 6.42 Å². The van der Waals surface area contributed by atoms with Gasteiger partial charge < -0.3 is 9.42 Å². The zero-order valence-corrected chi connectivity index (χ0v) is 15.9. The van der Waals surface area contributed by atoms with Crippen molar-refractivity contribution in [2.24, 2.45) is 0 Å². The predicted molar refractivity (Wildman–Crippen MR) is 96.3 cm³/mol. The highest BCUT2D eigenvalue weighted by molar-refractivity contribution is 7.17. The van der Waals surface area contributed by atoms with E-state index in [2.05, 4.69) is 20.5 Å². The maximum atomic E-state index is 12.5. The molecule has 4 rings (SSSR count). The molecular formula is C16H17ClN6O2S. The Bertz CT molecular complexity index is 933. The van der Waals surface area contributed by atoms with Crippen LogP contribution in [0.5, 0.6) is 0 Å². The van der Waals surface area contributed by atoms with Crippen molar-refractivity contribution in [3.8, 4) is 11.6 Å². The number of amides is 1. The summed E-state index contributed by atoms with van der Waals surface area (Å²) in [5, 5.41) is 12.3. The number of hydrogen-bond acceptors (Lipinski definition) is 7. The van der Waals surface area contributed by atoms with Crippen LogP contribution in [0, 0.1) is 0 Å². The van der Waals surface area contributed by atoms with Crippen LogP contribution in [0.1, 0.15) is 47.7 Å². The number of rotatable bonds is 4. The van der Waals surface area contributed by atoms with E-state index in [-0.39, 0.29) is 17.9 Å². The van der Waals surface area contributed by atoms with E-state index >= 15 is 0 Å². The highest BCUT2D eigenvalue weighted by Crippen LogP contribution is 2.28. The van der Waals surface area contributed by atoms with Crippen molar-refractivity contribution in [1.29, 1.82) is 0 Å². The van der Waals surface area contributed by atoms with Crippen molar-refractivity contribution in [2.75, 3.05) is 13.1 Å². The number of carbonyl (C=O) groups excluding carboxylic acids is 1. The second kappa shape index (κ2) is 6.81. The molecular weight excluding hydrogens is 376 g/mol. The smallest absolute Gasteiger partial charge is 0.280 e. The van der Waals surface area contributed by atoms with Gasteiger partial charge in [-0.05, 0) is 18.6 Å². The van der Waals surface area contributed by atoms with Gasteiger partial charge in [0.05, 0.1) is 21.5 Å². The molecule has 3 aromatic heterocycles. The summed E-state index contributed by atoms with van der Waals surface area (Å²) in [5.74, 6) is 1.19. The van der Waals surface area contributed by atoms with Gasteiger partial charge in [-0.15, -0.1) is 16.4 Å². The molecule has 26 heavy (non-hydrogen) atoms. The monoisotopic (exact) mass is 392 g/mol. The van der Waals surface area contributed by atoms with Crippen molar-refractivity contribution in [2.45, 2.75) is 32.2 Å². The number of halogens is 1. The fourth-order valence-electron chi connectivity index (χ4n) is 2.85. The standard InChI is InChI=1S/C16H17ClN6O2S/c1-9(2)14-18-15(25-20-14)11-8-23(21-19-11)10-5-6-22(7-10)16(24)12-3-4-13(17)26-12/h3-4,8-10H,5-7H2,1-2H3. The van der Waals surface area contributed by atoms with Gasteiger partial charge in [0.2, 0.25) is 0 Å². The Hall–Kier alpha value is -2.26. The van der Waals surface area contributed by atoms with Gasteiger partial charge in [0.25, 0.3) is 11.8 Å². The maximum Gasteiger partial charge on any atom is 0.280 e. The molecule has 1 atom stereocenters. The van der Waals surface area contributed by atoms with Crippen molar-refractivity contribution >= 4 is 28.8 Å². The normalized spacial score (nSPS) is 17.4. The molecule has 8 nitrogen and oxygen atoms in total. The van der Waals surface area contributed by atoms with Crippen LogP contribution >= 0.6 is 22.9 Å². The first-order valence-electron chi connectivity index (χ1n) is 8.31. The Kier molecular flexibility index (Phi) is 4.49. The number of nitrogens with zero attached hydrogens (tertiary/aromatic N) is 6. The van der Waals surface area contributed by atoms with Crippen molar-refractivity contribution in [1.82, 2.24) is 30.0 Å². The summed E-state index contributed by atoms with van der Waals surface area (Å²) in [5.41, 5.74) is 0.541. The van der Waals surface area contributed by atoms with E-state index in [9.17, 15) is 4.79 Å². The molecule has 1 saturated heterocycles. The van der Waals surface area contributed by atoms with Crippen molar-refractivity contribution < 1.29 is 9.32 Å². The number of aromatic nitrogens is 5. The Morgan fingerprint density at radius 2 is 2.27 bits per heavy atom. The highest BCUT2D eigenvalue weighted by atomic mass is 35.5. The van der Waals surface area contributed by atoms with E-state index < -0.39 is 0 Å². The molecule has 0 radical (unpaired) electrons. The number of hydrogen-bond donors (Lipinski definition) is 0. The minimum atomic E-state index is 0.00298. The summed E-state index contributed by atoms with van der Waals surface area (Å²) in [6.45, 7) is 5.25. The van der Waals surface area contributed by atoms with Crippen LogP contribution in [0.4, 0.5) is 0 Å². The van der Waals surface area contributed by atoms with Gasteiger partial charge in [-0.1, -0.05) is 35.8 Å². The first-order valence-corrected chi connectivity index (χ1v) is 9.51. The lowest BCUT2D eigenvalue weighted by Gasteiger charge is -2.15. The second-order valence-electron chi connectivity index (χ2n) is 6.49. The topological polar surface area (TPSA) is 89.9 Å². The third-order valence-electron chi connectivity index (χ3n) is 4.30. The van der Waals surface area contributed by atoms with Gasteiger partial charge >= 0.3 is 0 Å². The summed E-state index contributed by atoms with van der Waals surface area (Å²) in [4.78, 5) is 19.3. The van der Waals surface area contributed by atoms with Gasteiger partial charge in [-0.3, -0.25) is 4.79 Å². The molecule has 136 valence electrons. The average molecular weight is 393 g/mol. The van der Waals surface area contributed by atoms with Crippen LogP contribution in [0.15, 0.2) is 22.9 Å². The molecule has 1 amide bonds. The average Bonchev–Trinajstić information content (AvgIpc) is 3.37. The Balaban J connectivity index is 1.46. The number of likely N-dealkylation sites (tertiary alicyclic amines) is 1. The van der Waals surface area contributed by atoms with Crippen LogP contribution in [0.25, 0.3) is 11.6 Å². The molecule has 1 unspecified atom stereocenters. The third-order valence-corrected chi connectivity index (χ3v) is 5.52. The molecule has 1 aliphatic heterocycles. The molecule has 0 saturated carbocycles. The number of carbonyl (C=O) groups is 1. The second-order valence-corrected chi connectivity index (χ2v) is 8.21. The Morgan fingerprint density at radius 3 is 2.96 bits per heavy atom. The molecule has 0 N–H and O–H groups in total. The molecule has 0 bridgehead atoms.